The van der Waals surface area contributed by atoms with Crippen molar-refractivity contribution in [2.75, 3.05) is 13.7 Å². The van der Waals surface area contributed by atoms with Crippen molar-refractivity contribution >= 4 is 17.9 Å². The molecule has 0 aliphatic carbocycles. The Hall–Kier alpha value is -2.77. The standard InChI is InChI=1S/C13H16N2O6/c1-8(12(17)15-13(14)18)21-11(16)7-20-10-5-3-9(19-2)4-6-10/h3-6,8H,7H2,1-2H3,(H3,14,15,17,18). The number of rotatable bonds is 6. The van der Waals surface area contributed by atoms with Crippen LogP contribution in [0.1, 0.15) is 6.92 Å². The number of amides is 3. The van der Waals surface area contributed by atoms with Gasteiger partial charge in [-0.2, -0.15) is 0 Å². The van der Waals surface area contributed by atoms with Gasteiger partial charge in [-0.25, -0.2) is 9.59 Å². The lowest BCUT2D eigenvalue weighted by Crippen LogP contribution is -2.42. The van der Waals surface area contributed by atoms with Gasteiger partial charge in [-0.3, -0.25) is 10.1 Å². The molecule has 0 aromatic heterocycles. The Morgan fingerprint density at radius 2 is 1.76 bits per heavy atom. The zero-order valence-electron chi connectivity index (χ0n) is 11.6. The van der Waals surface area contributed by atoms with Crippen molar-refractivity contribution in [1.29, 1.82) is 0 Å². The van der Waals surface area contributed by atoms with Crippen LogP contribution in [0.2, 0.25) is 0 Å². The molecule has 8 nitrogen and oxygen atoms in total. The van der Waals surface area contributed by atoms with Gasteiger partial charge in [0.2, 0.25) is 0 Å². The van der Waals surface area contributed by atoms with Gasteiger partial charge in [0.15, 0.2) is 12.7 Å². The summed E-state index contributed by atoms with van der Waals surface area (Å²) in [5.74, 6) is -0.457. The molecular formula is C13H16N2O6. The predicted molar refractivity (Wildman–Crippen MR) is 71.8 cm³/mol. The number of carbonyl (C=O) groups excluding carboxylic acids is 3. The van der Waals surface area contributed by atoms with Crippen molar-refractivity contribution in [1.82, 2.24) is 5.32 Å². The summed E-state index contributed by atoms with van der Waals surface area (Å²) in [5, 5.41) is 1.80. The number of primary amides is 1. The molecule has 1 aromatic rings. The van der Waals surface area contributed by atoms with Gasteiger partial charge in [-0.1, -0.05) is 0 Å². The van der Waals surface area contributed by atoms with E-state index in [2.05, 4.69) is 0 Å². The van der Waals surface area contributed by atoms with Crippen molar-refractivity contribution in [2.24, 2.45) is 5.73 Å². The maximum Gasteiger partial charge on any atom is 0.344 e. The molecule has 1 rings (SSSR count). The van der Waals surface area contributed by atoms with Crippen molar-refractivity contribution in [2.45, 2.75) is 13.0 Å². The number of hydrogen-bond donors (Lipinski definition) is 2. The van der Waals surface area contributed by atoms with E-state index >= 15 is 0 Å². The molecule has 0 aliphatic rings. The quantitative estimate of drug-likeness (QED) is 0.724. The van der Waals surface area contributed by atoms with Crippen LogP contribution in [0.25, 0.3) is 0 Å². The molecule has 1 unspecified atom stereocenters. The molecule has 3 amide bonds. The number of carbonyl (C=O) groups is 3. The highest BCUT2D eigenvalue weighted by Gasteiger charge is 2.19. The highest BCUT2D eigenvalue weighted by Crippen LogP contribution is 2.16. The predicted octanol–water partition coefficient (Wildman–Crippen LogP) is 0.201. The number of methoxy groups -OCH3 is 1. The summed E-state index contributed by atoms with van der Waals surface area (Å²) >= 11 is 0. The number of benzene rings is 1. The smallest absolute Gasteiger partial charge is 0.344 e. The van der Waals surface area contributed by atoms with Gasteiger partial charge in [-0.15, -0.1) is 0 Å². The number of imide groups is 1. The third-order valence-corrected chi connectivity index (χ3v) is 2.34. The zero-order chi connectivity index (χ0) is 15.8. The minimum Gasteiger partial charge on any atom is -0.497 e. The largest absolute Gasteiger partial charge is 0.497 e. The number of nitrogens with two attached hydrogens (primary N) is 1. The number of nitrogens with one attached hydrogen (secondary N) is 1. The number of urea groups is 1. The van der Waals surface area contributed by atoms with Crippen molar-refractivity contribution in [3.05, 3.63) is 24.3 Å². The van der Waals surface area contributed by atoms with Crippen LogP contribution in [0.3, 0.4) is 0 Å². The molecule has 0 saturated carbocycles. The Morgan fingerprint density at radius 1 is 1.19 bits per heavy atom. The average molecular weight is 296 g/mol. The molecule has 0 fully saturated rings. The zero-order valence-corrected chi connectivity index (χ0v) is 11.6. The number of hydrogen-bond acceptors (Lipinski definition) is 6. The van der Waals surface area contributed by atoms with Crippen molar-refractivity contribution < 1.29 is 28.6 Å². The summed E-state index contributed by atoms with van der Waals surface area (Å²) < 4.78 is 14.9. The fourth-order valence-electron chi connectivity index (χ4n) is 1.32. The molecule has 114 valence electrons. The number of esters is 1. The molecule has 0 radical (unpaired) electrons. The lowest BCUT2D eigenvalue weighted by Gasteiger charge is -2.12. The van der Waals surface area contributed by atoms with Crippen LogP contribution in [0.5, 0.6) is 11.5 Å². The second-order valence-electron chi connectivity index (χ2n) is 3.95. The Labute approximate surface area is 121 Å². The fourth-order valence-corrected chi connectivity index (χ4v) is 1.32. The van der Waals surface area contributed by atoms with E-state index < -0.39 is 24.0 Å². The summed E-state index contributed by atoms with van der Waals surface area (Å²) in [6, 6.07) is 5.56. The van der Waals surface area contributed by atoms with Gasteiger partial charge in [-0.05, 0) is 31.2 Å². The first-order valence-corrected chi connectivity index (χ1v) is 5.99. The van der Waals surface area contributed by atoms with Crippen LogP contribution in [-0.4, -0.2) is 37.7 Å². The van der Waals surface area contributed by atoms with Gasteiger partial charge in [0.25, 0.3) is 5.91 Å². The van der Waals surface area contributed by atoms with Gasteiger partial charge >= 0.3 is 12.0 Å². The summed E-state index contributed by atoms with van der Waals surface area (Å²) in [6.07, 6.45) is -1.15. The molecular weight excluding hydrogens is 280 g/mol. The molecule has 3 N–H and O–H groups in total. The SMILES string of the molecule is COc1ccc(OCC(=O)OC(C)C(=O)NC(N)=O)cc1. The Kier molecular flexibility index (Phi) is 5.99. The highest BCUT2D eigenvalue weighted by atomic mass is 16.6. The molecule has 0 saturated heterocycles. The van der Waals surface area contributed by atoms with E-state index in [1.807, 2.05) is 0 Å². The third kappa shape index (κ3) is 5.81. The molecule has 0 heterocycles. The molecule has 21 heavy (non-hydrogen) atoms. The van der Waals surface area contributed by atoms with E-state index in [9.17, 15) is 14.4 Å². The first-order chi connectivity index (χ1) is 9.92. The Balaban J connectivity index is 2.39. The molecule has 0 spiro atoms. The van der Waals surface area contributed by atoms with E-state index in [4.69, 9.17) is 19.9 Å². The summed E-state index contributed by atoms with van der Waals surface area (Å²) in [7, 11) is 1.53. The highest BCUT2D eigenvalue weighted by molar-refractivity contribution is 5.96. The van der Waals surface area contributed by atoms with E-state index in [1.54, 1.807) is 29.6 Å². The first kappa shape index (κ1) is 16.3. The summed E-state index contributed by atoms with van der Waals surface area (Å²) in [5.41, 5.74) is 4.77. The van der Waals surface area contributed by atoms with Crippen LogP contribution >= 0.6 is 0 Å². The van der Waals surface area contributed by atoms with Gasteiger partial charge in [0.1, 0.15) is 11.5 Å². The van der Waals surface area contributed by atoms with Crippen LogP contribution in [-0.2, 0) is 14.3 Å². The van der Waals surface area contributed by atoms with Gasteiger partial charge < -0.3 is 19.9 Å². The van der Waals surface area contributed by atoms with E-state index in [1.165, 1.54) is 14.0 Å². The summed E-state index contributed by atoms with van der Waals surface area (Å²) in [4.78, 5) is 33.2. The lowest BCUT2D eigenvalue weighted by molar-refractivity contribution is -0.156. The van der Waals surface area contributed by atoms with Crippen LogP contribution in [0.15, 0.2) is 24.3 Å². The first-order valence-electron chi connectivity index (χ1n) is 5.99. The molecule has 0 aliphatic heterocycles. The lowest BCUT2D eigenvalue weighted by atomic mass is 10.3. The Morgan fingerprint density at radius 3 is 2.29 bits per heavy atom. The van der Waals surface area contributed by atoms with Crippen LogP contribution in [0, 0.1) is 0 Å². The second kappa shape index (κ2) is 7.73. The van der Waals surface area contributed by atoms with Gasteiger partial charge in [0, 0.05) is 0 Å². The normalized spacial score (nSPS) is 11.1. The maximum absolute atomic E-state index is 11.5. The molecule has 0 bridgehead atoms. The van der Waals surface area contributed by atoms with E-state index in [0.29, 0.717) is 11.5 Å². The third-order valence-electron chi connectivity index (χ3n) is 2.34. The monoisotopic (exact) mass is 296 g/mol. The second-order valence-corrected chi connectivity index (χ2v) is 3.95. The molecule has 1 atom stereocenters. The average Bonchev–Trinajstić information content (AvgIpc) is 2.44. The van der Waals surface area contributed by atoms with Crippen LogP contribution in [0.4, 0.5) is 4.79 Å². The van der Waals surface area contributed by atoms with Crippen molar-refractivity contribution in [3.63, 3.8) is 0 Å². The van der Waals surface area contributed by atoms with Crippen molar-refractivity contribution in [3.8, 4) is 11.5 Å². The summed E-state index contributed by atoms with van der Waals surface area (Å²) in [6.45, 7) is 0.935. The van der Waals surface area contributed by atoms with Gasteiger partial charge in [0.05, 0.1) is 7.11 Å². The molecule has 1 aromatic carbocycles. The van der Waals surface area contributed by atoms with E-state index in [-0.39, 0.29) is 6.61 Å². The fraction of sp³-hybridized carbons (Fsp3) is 0.308. The van der Waals surface area contributed by atoms with Crippen LogP contribution < -0.4 is 20.5 Å². The number of ether oxygens (including phenoxy) is 3. The maximum atomic E-state index is 11.5. The Bertz CT molecular complexity index is 514. The minimum absolute atomic E-state index is 0.374. The van der Waals surface area contributed by atoms with E-state index in [0.717, 1.165) is 0 Å². The topological polar surface area (TPSA) is 117 Å². The minimum atomic E-state index is -1.15. The molecule has 8 heteroatoms.